The fourth-order valence-electron chi connectivity index (χ4n) is 1.97. The average molecular weight is 359 g/mol. The summed E-state index contributed by atoms with van der Waals surface area (Å²) < 4.78 is 0.787. The summed E-state index contributed by atoms with van der Waals surface area (Å²) in [6, 6.07) is 4.82. The summed E-state index contributed by atoms with van der Waals surface area (Å²) in [6.45, 7) is 0. The second kappa shape index (κ2) is 5.85. The summed E-state index contributed by atoms with van der Waals surface area (Å²) >= 11 is 9.54. The van der Waals surface area contributed by atoms with E-state index in [-0.39, 0.29) is 12.3 Å². The highest BCUT2D eigenvalue weighted by molar-refractivity contribution is 9.10. The number of hydrogen-bond acceptors (Lipinski definition) is 2. The van der Waals surface area contributed by atoms with E-state index in [0.29, 0.717) is 11.4 Å². The highest BCUT2D eigenvalue weighted by Crippen LogP contribution is 2.31. The summed E-state index contributed by atoms with van der Waals surface area (Å²) in [6.07, 6.45) is 0.675. The molecule has 0 saturated heterocycles. The fourth-order valence-corrected chi connectivity index (χ4v) is 2.80. The van der Waals surface area contributed by atoms with Crippen molar-refractivity contribution in [3.05, 3.63) is 33.4 Å². The molecule has 0 saturated carbocycles. The molecule has 0 fully saturated rings. The topological polar surface area (TPSA) is 79.2 Å². The number of imide groups is 1. The number of nitrogens with one attached hydrogen (secondary N) is 1. The molecule has 0 aliphatic heterocycles. The van der Waals surface area contributed by atoms with E-state index in [1.807, 2.05) is 12.1 Å². The van der Waals surface area contributed by atoms with Crippen LogP contribution in [0.25, 0.3) is 10.9 Å². The zero-order chi connectivity index (χ0) is 14.9. The SMILES string of the molecule is CN(C(N)=O)C(=O)CCc1c(Br)[nH]c2c(Cl)cccc12. The van der Waals surface area contributed by atoms with E-state index in [4.69, 9.17) is 17.3 Å². The van der Waals surface area contributed by atoms with Gasteiger partial charge in [0.05, 0.1) is 15.1 Å². The van der Waals surface area contributed by atoms with Gasteiger partial charge in [-0.05, 0) is 34.0 Å². The van der Waals surface area contributed by atoms with Gasteiger partial charge in [-0.1, -0.05) is 23.7 Å². The number of aromatic amines is 1. The first-order chi connectivity index (χ1) is 9.41. The Kier molecular flexibility index (Phi) is 4.35. The van der Waals surface area contributed by atoms with Crippen LogP contribution in [0, 0.1) is 0 Å². The summed E-state index contributed by atoms with van der Waals surface area (Å²) in [4.78, 5) is 26.7. The summed E-state index contributed by atoms with van der Waals surface area (Å²) in [7, 11) is 1.37. The maximum atomic E-state index is 11.8. The number of halogens is 2. The molecular weight excluding hydrogens is 346 g/mol. The minimum atomic E-state index is -0.754. The monoisotopic (exact) mass is 357 g/mol. The van der Waals surface area contributed by atoms with Gasteiger partial charge in [0.2, 0.25) is 5.91 Å². The zero-order valence-electron chi connectivity index (χ0n) is 10.7. The van der Waals surface area contributed by atoms with Gasteiger partial charge >= 0.3 is 6.03 Å². The molecule has 0 spiro atoms. The second-order valence-electron chi connectivity index (χ2n) is 4.37. The van der Waals surface area contributed by atoms with E-state index < -0.39 is 6.03 Å². The Morgan fingerprint density at radius 2 is 2.15 bits per heavy atom. The fraction of sp³-hybridized carbons (Fsp3) is 0.231. The number of amides is 3. The molecule has 1 aromatic heterocycles. The number of nitrogens with zero attached hydrogens (tertiary/aromatic N) is 1. The van der Waals surface area contributed by atoms with Crippen LogP contribution in [-0.2, 0) is 11.2 Å². The van der Waals surface area contributed by atoms with Crippen LogP contribution in [0.3, 0.4) is 0 Å². The Morgan fingerprint density at radius 1 is 1.45 bits per heavy atom. The van der Waals surface area contributed by atoms with Crippen molar-refractivity contribution >= 4 is 50.4 Å². The highest BCUT2D eigenvalue weighted by Gasteiger charge is 2.16. The molecule has 0 bridgehead atoms. The highest BCUT2D eigenvalue weighted by atomic mass is 79.9. The number of primary amides is 1. The molecule has 106 valence electrons. The molecule has 5 nitrogen and oxygen atoms in total. The molecule has 0 aliphatic carbocycles. The lowest BCUT2D eigenvalue weighted by atomic mass is 10.1. The molecule has 3 N–H and O–H groups in total. The minimum absolute atomic E-state index is 0.192. The molecule has 2 rings (SSSR count). The predicted molar refractivity (Wildman–Crippen MR) is 81.7 cm³/mol. The normalized spacial score (nSPS) is 10.8. The number of nitrogens with two attached hydrogens (primary N) is 1. The molecule has 0 aliphatic rings. The number of aryl methyl sites for hydroxylation is 1. The maximum absolute atomic E-state index is 11.8. The second-order valence-corrected chi connectivity index (χ2v) is 5.57. The molecule has 20 heavy (non-hydrogen) atoms. The van der Waals surface area contributed by atoms with Gasteiger partial charge in [-0.3, -0.25) is 9.69 Å². The standard InChI is InChI=1S/C13H13BrClN3O2/c1-18(13(16)20)10(19)6-5-8-7-3-2-4-9(15)11(7)17-12(8)14/h2-4,17H,5-6H2,1H3,(H2,16,20). The van der Waals surface area contributed by atoms with Gasteiger partial charge in [0.1, 0.15) is 0 Å². The largest absolute Gasteiger partial charge is 0.351 e. The predicted octanol–water partition coefficient (Wildman–Crippen LogP) is 3.05. The summed E-state index contributed by atoms with van der Waals surface area (Å²) in [5.74, 6) is -0.319. The van der Waals surface area contributed by atoms with Crippen molar-refractivity contribution in [1.29, 1.82) is 0 Å². The molecule has 1 heterocycles. The lowest BCUT2D eigenvalue weighted by Gasteiger charge is -2.11. The minimum Gasteiger partial charge on any atom is -0.351 e. The van der Waals surface area contributed by atoms with Crippen LogP contribution in [0.2, 0.25) is 5.02 Å². The Bertz CT molecular complexity index is 684. The van der Waals surface area contributed by atoms with Gasteiger partial charge in [0, 0.05) is 18.9 Å². The number of fused-ring (bicyclic) bond motifs is 1. The zero-order valence-corrected chi connectivity index (χ0v) is 13.1. The lowest BCUT2D eigenvalue weighted by molar-refractivity contribution is -0.127. The van der Waals surface area contributed by atoms with Crippen LogP contribution in [0.5, 0.6) is 0 Å². The molecule has 0 unspecified atom stereocenters. The number of aromatic nitrogens is 1. The number of rotatable bonds is 3. The number of hydrogen-bond donors (Lipinski definition) is 2. The number of H-pyrrole nitrogens is 1. The van der Waals surface area contributed by atoms with Gasteiger partial charge in [-0.2, -0.15) is 0 Å². The first kappa shape index (κ1) is 14.9. The number of urea groups is 1. The third-order valence-electron chi connectivity index (χ3n) is 3.13. The molecular formula is C13H13BrClN3O2. The van der Waals surface area contributed by atoms with E-state index >= 15 is 0 Å². The maximum Gasteiger partial charge on any atom is 0.321 e. The van der Waals surface area contributed by atoms with E-state index in [1.165, 1.54) is 7.05 Å². The van der Waals surface area contributed by atoms with E-state index in [2.05, 4.69) is 20.9 Å². The Hall–Kier alpha value is -1.53. The molecule has 0 radical (unpaired) electrons. The van der Waals surface area contributed by atoms with Crippen LogP contribution in [0.4, 0.5) is 4.79 Å². The van der Waals surface area contributed by atoms with Gasteiger partial charge in [-0.15, -0.1) is 0 Å². The number of benzene rings is 1. The summed E-state index contributed by atoms with van der Waals surface area (Å²) in [5, 5.41) is 1.58. The van der Waals surface area contributed by atoms with Crippen LogP contribution in [0.1, 0.15) is 12.0 Å². The number of carbonyl (C=O) groups excluding carboxylic acids is 2. The van der Waals surface area contributed by atoms with Crippen LogP contribution >= 0.6 is 27.5 Å². The Morgan fingerprint density at radius 3 is 2.80 bits per heavy atom. The quantitative estimate of drug-likeness (QED) is 0.884. The molecule has 0 atom stereocenters. The third kappa shape index (κ3) is 2.81. The third-order valence-corrected chi connectivity index (χ3v) is 4.12. The van der Waals surface area contributed by atoms with E-state index in [9.17, 15) is 9.59 Å². The Labute approximate surface area is 129 Å². The Balaban J connectivity index is 2.22. The lowest BCUT2D eigenvalue weighted by Crippen LogP contribution is -2.37. The van der Waals surface area contributed by atoms with Gasteiger partial charge < -0.3 is 10.7 Å². The molecule has 2 aromatic rings. The van der Waals surface area contributed by atoms with Crippen molar-refractivity contribution in [2.45, 2.75) is 12.8 Å². The van der Waals surface area contributed by atoms with Gasteiger partial charge in [-0.25, -0.2) is 4.79 Å². The van der Waals surface area contributed by atoms with Crippen LogP contribution in [0.15, 0.2) is 22.8 Å². The van der Waals surface area contributed by atoms with Gasteiger partial charge in [0.15, 0.2) is 0 Å². The average Bonchev–Trinajstić information content (AvgIpc) is 2.72. The van der Waals surface area contributed by atoms with Gasteiger partial charge in [0.25, 0.3) is 0 Å². The van der Waals surface area contributed by atoms with Crippen LogP contribution < -0.4 is 5.73 Å². The molecule has 7 heteroatoms. The first-order valence-electron chi connectivity index (χ1n) is 5.92. The number of para-hydroxylation sites is 1. The van der Waals surface area contributed by atoms with Crippen LogP contribution in [-0.4, -0.2) is 28.9 Å². The van der Waals surface area contributed by atoms with Crippen molar-refractivity contribution in [3.8, 4) is 0 Å². The molecule has 3 amide bonds. The molecule has 1 aromatic carbocycles. The first-order valence-corrected chi connectivity index (χ1v) is 7.09. The van der Waals surface area contributed by atoms with Crippen molar-refractivity contribution in [1.82, 2.24) is 9.88 Å². The van der Waals surface area contributed by atoms with Crippen molar-refractivity contribution in [2.75, 3.05) is 7.05 Å². The van der Waals surface area contributed by atoms with E-state index in [0.717, 1.165) is 26.0 Å². The number of carbonyl (C=O) groups is 2. The van der Waals surface area contributed by atoms with Crippen molar-refractivity contribution < 1.29 is 9.59 Å². The van der Waals surface area contributed by atoms with Crippen molar-refractivity contribution in [2.24, 2.45) is 5.73 Å². The van der Waals surface area contributed by atoms with Crippen molar-refractivity contribution in [3.63, 3.8) is 0 Å². The van der Waals surface area contributed by atoms with E-state index in [1.54, 1.807) is 6.07 Å². The smallest absolute Gasteiger partial charge is 0.321 e. The summed E-state index contributed by atoms with van der Waals surface area (Å²) in [5.41, 5.74) is 6.84.